The number of quaternary nitrogens is 1. The Morgan fingerprint density at radius 2 is 2.04 bits per heavy atom. The smallest absolute Gasteiger partial charge is 0.334 e. The van der Waals surface area contributed by atoms with Gasteiger partial charge in [-0.1, -0.05) is 22.0 Å². The molecule has 0 aliphatic carbocycles. The maximum absolute atomic E-state index is 11.9. The van der Waals surface area contributed by atoms with Crippen molar-refractivity contribution in [2.24, 2.45) is 0 Å². The van der Waals surface area contributed by atoms with Crippen LogP contribution in [-0.2, 0) is 21.0 Å². The van der Waals surface area contributed by atoms with Crippen molar-refractivity contribution in [3.8, 4) is 0 Å². The Bertz CT molecular complexity index is 714. The van der Waals surface area contributed by atoms with Gasteiger partial charge in [-0.25, -0.2) is 4.79 Å². The summed E-state index contributed by atoms with van der Waals surface area (Å²) in [6.07, 6.45) is 3.12. The number of non-ortho nitro benzene ring substituents is 1. The molecule has 0 N–H and O–H groups in total. The molecular weight excluding hydrogens is 408 g/mol. The quantitative estimate of drug-likeness (QED) is 0.196. The molecule has 1 aromatic rings. The van der Waals surface area contributed by atoms with E-state index in [9.17, 15) is 24.8 Å². The molecule has 0 saturated carbocycles. The van der Waals surface area contributed by atoms with Gasteiger partial charge < -0.3 is 9.90 Å². The molecule has 0 radical (unpaired) electrons. The number of carbonyl (C=O) groups is 2. The van der Waals surface area contributed by atoms with Crippen LogP contribution >= 0.6 is 15.9 Å². The normalized spacial score (nSPS) is 14.2. The van der Waals surface area contributed by atoms with E-state index in [1.807, 2.05) is 0 Å². The summed E-state index contributed by atoms with van der Waals surface area (Å²) in [6.45, 7) is 5.54. The van der Waals surface area contributed by atoms with E-state index >= 15 is 0 Å². The number of benzene rings is 1. The van der Waals surface area contributed by atoms with Crippen molar-refractivity contribution >= 4 is 34.0 Å². The molecule has 0 aliphatic heterocycles. The summed E-state index contributed by atoms with van der Waals surface area (Å²) in [5.41, 5.74) is -0.245. The number of aliphatic carboxylic acids is 1. The molecule has 1 amide bonds. The topological polar surface area (TPSA) is 110 Å². The fourth-order valence-electron chi connectivity index (χ4n) is 2.37. The average Bonchev–Trinajstić information content (AvgIpc) is 2.51. The minimum atomic E-state index is -1.33. The average molecular weight is 429 g/mol. The van der Waals surface area contributed by atoms with Gasteiger partial charge in [-0.05, 0) is 32.9 Å². The van der Waals surface area contributed by atoms with E-state index in [1.165, 1.54) is 18.2 Å². The lowest BCUT2D eigenvalue weighted by Gasteiger charge is -2.35. The van der Waals surface area contributed by atoms with Gasteiger partial charge in [-0.3, -0.25) is 10.1 Å². The van der Waals surface area contributed by atoms with Crippen molar-refractivity contribution in [2.75, 3.05) is 6.54 Å². The molecule has 142 valence electrons. The predicted molar refractivity (Wildman–Crippen MR) is 95.3 cm³/mol. The number of amides is 1. The Morgan fingerprint density at radius 3 is 2.54 bits per heavy atom. The van der Waals surface area contributed by atoms with Crippen LogP contribution in [0.4, 0.5) is 5.69 Å². The third-order valence-electron chi connectivity index (χ3n) is 3.25. The summed E-state index contributed by atoms with van der Waals surface area (Å²) in [7, 11) is 0. The van der Waals surface area contributed by atoms with E-state index in [2.05, 4.69) is 15.9 Å². The van der Waals surface area contributed by atoms with Crippen molar-refractivity contribution in [2.45, 2.75) is 39.3 Å². The van der Waals surface area contributed by atoms with Gasteiger partial charge in [-0.15, -0.1) is 4.65 Å². The first-order valence-electron chi connectivity index (χ1n) is 7.82. The van der Waals surface area contributed by atoms with Crippen molar-refractivity contribution in [1.29, 1.82) is 0 Å². The van der Waals surface area contributed by atoms with Gasteiger partial charge in [0.2, 0.25) is 0 Å². The SMILES string of the molecule is CC(C)(C)O[N+](C=O)(CC/C=C/C(=O)[O-])Cc1cc([N+](=O)[O-])ccc1Br. The van der Waals surface area contributed by atoms with Gasteiger partial charge in [-0.2, -0.15) is 4.84 Å². The highest BCUT2D eigenvalue weighted by atomic mass is 79.9. The second-order valence-corrected chi connectivity index (χ2v) is 7.54. The number of nitro benzene ring substituents is 1. The highest BCUT2D eigenvalue weighted by molar-refractivity contribution is 9.10. The third-order valence-corrected chi connectivity index (χ3v) is 4.03. The Kier molecular flexibility index (Phi) is 7.61. The number of hydrogen-bond acceptors (Lipinski definition) is 6. The Labute approximate surface area is 159 Å². The van der Waals surface area contributed by atoms with Gasteiger partial charge >= 0.3 is 6.41 Å². The van der Waals surface area contributed by atoms with E-state index < -0.39 is 21.1 Å². The number of rotatable bonds is 9. The third kappa shape index (κ3) is 7.03. The maximum atomic E-state index is 11.9. The van der Waals surface area contributed by atoms with Gasteiger partial charge in [0, 0.05) is 28.6 Å². The molecule has 0 fully saturated rings. The lowest BCUT2D eigenvalue weighted by atomic mass is 10.1. The number of hydroxylamine groups is 3. The van der Waals surface area contributed by atoms with Crippen LogP contribution in [0.15, 0.2) is 34.8 Å². The summed E-state index contributed by atoms with van der Waals surface area (Å²) in [5, 5.41) is 21.5. The molecule has 8 nitrogen and oxygen atoms in total. The standard InChI is InChI=1S/C17H21BrN2O6/c1-17(2,3)26-20(12-21,9-5-4-6-16(22)23)11-13-10-14(19(24)25)7-8-15(13)18/h4,6-8,10,12H,5,9,11H2,1-3H3/b6-4+. The zero-order valence-electron chi connectivity index (χ0n) is 14.8. The van der Waals surface area contributed by atoms with Crippen LogP contribution < -0.4 is 5.11 Å². The summed E-state index contributed by atoms with van der Waals surface area (Å²) in [6, 6.07) is 4.28. The summed E-state index contributed by atoms with van der Waals surface area (Å²) in [4.78, 5) is 38.8. The lowest BCUT2D eigenvalue weighted by molar-refractivity contribution is -1.06. The van der Waals surface area contributed by atoms with Crippen molar-refractivity contribution in [3.05, 3.63) is 50.5 Å². The number of nitrogens with zero attached hydrogens (tertiary/aromatic N) is 2. The first kappa shape index (κ1) is 21.9. The van der Waals surface area contributed by atoms with Crippen LogP contribution in [-0.4, -0.2) is 34.1 Å². The van der Waals surface area contributed by atoms with Crippen LogP contribution in [0.1, 0.15) is 32.8 Å². The van der Waals surface area contributed by atoms with Crippen molar-refractivity contribution in [3.63, 3.8) is 0 Å². The molecule has 0 saturated heterocycles. The number of carbonyl (C=O) groups excluding carboxylic acids is 2. The van der Waals surface area contributed by atoms with Gasteiger partial charge in [0.15, 0.2) is 0 Å². The largest absolute Gasteiger partial charge is 0.545 e. The van der Waals surface area contributed by atoms with E-state index in [-0.39, 0.29) is 25.2 Å². The Hall–Kier alpha value is -2.10. The highest BCUT2D eigenvalue weighted by Gasteiger charge is 2.36. The maximum Gasteiger partial charge on any atom is 0.334 e. The van der Waals surface area contributed by atoms with Crippen LogP contribution in [0.25, 0.3) is 0 Å². The number of halogens is 1. The van der Waals surface area contributed by atoms with E-state index in [1.54, 1.807) is 26.8 Å². The van der Waals surface area contributed by atoms with Crippen molar-refractivity contribution in [1.82, 2.24) is 0 Å². The fraction of sp³-hybridized carbons (Fsp3) is 0.412. The Balaban J connectivity index is 3.19. The summed E-state index contributed by atoms with van der Waals surface area (Å²) in [5.74, 6) is -1.33. The zero-order chi connectivity index (χ0) is 20.0. The van der Waals surface area contributed by atoms with E-state index in [0.717, 1.165) is 6.08 Å². The monoisotopic (exact) mass is 428 g/mol. The first-order chi connectivity index (χ1) is 12.0. The van der Waals surface area contributed by atoms with E-state index in [0.29, 0.717) is 16.4 Å². The minimum absolute atomic E-state index is 0.0438. The number of nitro groups is 1. The molecule has 1 rings (SSSR count). The van der Waals surface area contributed by atoms with Crippen LogP contribution in [0.5, 0.6) is 0 Å². The second kappa shape index (κ2) is 9.02. The first-order valence-corrected chi connectivity index (χ1v) is 8.61. The van der Waals surface area contributed by atoms with Gasteiger partial charge in [0.05, 0.1) is 10.9 Å². The number of carboxylic acid groups (broad SMARTS) is 1. The minimum Gasteiger partial charge on any atom is -0.545 e. The molecule has 1 unspecified atom stereocenters. The van der Waals surface area contributed by atoms with Gasteiger partial charge in [0.25, 0.3) is 5.69 Å². The molecule has 9 heteroatoms. The molecule has 0 aliphatic rings. The molecule has 0 heterocycles. The van der Waals surface area contributed by atoms with Crippen LogP contribution in [0.2, 0.25) is 0 Å². The number of hydrogen-bond donors (Lipinski definition) is 0. The molecule has 0 spiro atoms. The predicted octanol–water partition coefficient (Wildman–Crippen LogP) is 2.26. The Morgan fingerprint density at radius 1 is 1.38 bits per heavy atom. The molecule has 0 aromatic heterocycles. The summed E-state index contributed by atoms with van der Waals surface area (Å²) < 4.78 is 0.135. The summed E-state index contributed by atoms with van der Waals surface area (Å²) >= 11 is 3.34. The van der Waals surface area contributed by atoms with Crippen LogP contribution in [0, 0.1) is 10.1 Å². The van der Waals surface area contributed by atoms with Crippen LogP contribution in [0.3, 0.4) is 0 Å². The molecule has 1 aromatic carbocycles. The molecule has 0 bridgehead atoms. The second-order valence-electron chi connectivity index (χ2n) is 6.69. The lowest BCUT2D eigenvalue weighted by Crippen LogP contribution is -2.51. The highest BCUT2D eigenvalue weighted by Crippen LogP contribution is 2.28. The molecular formula is C17H21BrN2O6. The molecule has 26 heavy (non-hydrogen) atoms. The van der Waals surface area contributed by atoms with Gasteiger partial charge in [0.1, 0.15) is 18.7 Å². The van der Waals surface area contributed by atoms with Crippen molar-refractivity contribution < 1.29 is 29.1 Å². The zero-order valence-corrected chi connectivity index (χ0v) is 16.4. The fourth-order valence-corrected chi connectivity index (χ4v) is 2.74. The molecule has 1 atom stereocenters. The number of carboxylic acids is 1. The van der Waals surface area contributed by atoms with E-state index in [4.69, 9.17) is 4.84 Å².